The first-order chi connectivity index (χ1) is 7.38. The Hall–Kier alpha value is -1.68. The van der Waals surface area contributed by atoms with E-state index in [2.05, 4.69) is 15.0 Å². The lowest BCUT2D eigenvalue weighted by atomic mass is 10.1. The van der Waals surface area contributed by atoms with Crippen LogP contribution >= 0.6 is 0 Å². The fourth-order valence-electron chi connectivity index (χ4n) is 1.46. The van der Waals surface area contributed by atoms with E-state index in [1.807, 2.05) is 30.7 Å². The fraction of sp³-hybridized carbons (Fsp3) is 0.273. The van der Waals surface area contributed by atoms with Crippen LogP contribution in [0.4, 0.5) is 0 Å². The van der Waals surface area contributed by atoms with Gasteiger partial charge in [0.05, 0.1) is 6.54 Å². The Bertz CT molecular complexity index is 408. The minimum atomic E-state index is 0.468. The van der Waals surface area contributed by atoms with E-state index in [0.29, 0.717) is 6.54 Å². The summed E-state index contributed by atoms with van der Waals surface area (Å²) in [5.74, 6) is 0.847. The van der Waals surface area contributed by atoms with E-state index in [9.17, 15) is 0 Å². The lowest BCUT2D eigenvalue weighted by molar-refractivity contribution is 0.893. The summed E-state index contributed by atoms with van der Waals surface area (Å²) in [4.78, 5) is 11.3. The van der Waals surface area contributed by atoms with Gasteiger partial charge in [-0.3, -0.25) is 4.98 Å². The summed E-state index contributed by atoms with van der Waals surface area (Å²) < 4.78 is 0. The van der Waals surface area contributed by atoms with Gasteiger partial charge < -0.3 is 10.7 Å². The molecular weight excluding hydrogens is 188 g/mol. The van der Waals surface area contributed by atoms with Crippen molar-refractivity contribution in [2.75, 3.05) is 0 Å². The third kappa shape index (κ3) is 2.63. The van der Waals surface area contributed by atoms with Crippen LogP contribution in [0.25, 0.3) is 0 Å². The molecule has 0 saturated carbocycles. The number of imidazole rings is 1. The molecule has 0 aliphatic carbocycles. The predicted molar refractivity (Wildman–Crippen MR) is 58.1 cm³/mol. The van der Waals surface area contributed by atoms with Crippen LogP contribution in [-0.4, -0.2) is 15.0 Å². The van der Waals surface area contributed by atoms with Gasteiger partial charge in [0.2, 0.25) is 0 Å². The summed E-state index contributed by atoms with van der Waals surface area (Å²) in [7, 11) is 0. The normalized spacial score (nSPS) is 10.5. The Balaban J connectivity index is 1.93. The number of hydrogen-bond acceptors (Lipinski definition) is 3. The second kappa shape index (κ2) is 4.70. The number of aromatic amines is 1. The largest absolute Gasteiger partial charge is 0.345 e. The van der Waals surface area contributed by atoms with Gasteiger partial charge in [-0.2, -0.15) is 0 Å². The van der Waals surface area contributed by atoms with Crippen molar-refractivity contribution in [2.24, 2.45) is 5.73 Å². The van der Waals surface area contributed by atoms with Crippen molar-refractivity contribution in [3.63, 3.8) is 0 Å². The number of H-pyrrole nitrogens is 1. The average Bonchev–Trinajstić information content (AvgIpc) is 2.76. The zero-order valence-corrected chi connectivity index (χ0v) is 8.48. The van der Waals surface area contributed by atoms with Gasteiger partial charge in [0.25, 0.3) is 0 Å². The molecule has 0 aliphatic heterocycles. The first-order valence-electron chi connectivity index (χ1n) is 5.00. The molecular formula is C11H14N4. The molecule has 2 rings (SSSR count). The van der Waals surface area contributed by atoms with E-state index in [1.54, 1.807) is 0 Å². The number of aromatic nitrogens is 3. The van der Waals surface area contributed by atoms with Gasteiger partial charge >= 0.3 is 0 Å². The van der Waals surface area contributed by atoms with E-state index in [0.717, 1.165) is 24.4 Å². The summed E-state index contributed by atoms with van der Waals surface area (Å²) in [5.41, 5.74) is 7.89. The molecule has 0 unspecified atom stereocenters. The maximum absolute atomic E-state index is 5.47. The van der Waals surface area contributed by atoms with E-state index in [1.165, 1.54) is 5.56 Å². The number of nitrogens with two attached hydrogens (primary N) is 1. The van der Waals surface area contributed by atoms with Crippen LogP contribution < -0.4 is 5.73 Å². The van der Waals surface area contributed by atoms with Crippen molar-refractivity contribution >= 4 is 0 Å². The Labute approximate surface area is 88.6 Å². The SMILES string of the molecule is NCc1ncc(CCc2ccncc2)[nH]1. The molecule has 4 heteroatoms. The lowest BCUT2D eigenvalue weighted by Gasteiger charge is -1.98. The molecule has 2 aromatic heterocycles. The predicted octanol–water partition coefficient (Wildman–Crippen LogP) is 1.05. The zero-order valence-electron chi connectivity index (χ0n) is 8.48. The molecule has 15 heavy (non-hydrogen) atoms. The van der Waals surface area contributed by atoms with E-state index in [-0.39, 0.29) is 0 Å². The topological polar surface area (TPSA) is 67.6 Å². The van der Waals surface area contributed by atoms with E-state index < -0.39 is 0 Å². The summed E-state index contributed by atoms with van der Waals surface area (Å²) in [6, 6.07) is 4.06. The first kappa shape index (κ1) is 9.86. The number of rotatable bonds is 4. The van der Waals surface area contributed by atoms with Crippen molar-refractivity contribution < 1.29 is 0 Å². The van der Waals surface area contributed by atoms with Crippen LogP contribution in [0, 0.1) is 0 Å². The number of hydrogen-bond donors (Lipinski definition) is 2. The summed E-state index contributed by atoms with van der Waals surface area (Å²) in [6.45, 7) is 0.468. The van der Waals surface area contributed by atoms with Gasteiger partial charge in [-0.1, -0.05) is 0 Å². The Morgan fingerprint density at radius 3 is 2.67 bits per heavy atom. The third-order valence-corrected chi connectivity index (χ3v) is 2.31. The molecule has 3 N–H and O–H groups in total. The molecule has 0 saturated heterocycles. The molecule has 0 atom stereocenters. The standard InChI is InChI=1S/C11H14N4/c12-7-11-14-8-10(15-11)2-1-9-3-5-13-6-4-9/h3-6,8H,1-2,7,12H2,(H,14,15). The average molecular weight is 202 g/mol. The van der Waals surface area contributed by atoms with Crippen LogP contribution in [0.1, 0.15) is 17.1 Å². The van der Waals surface area contributed by atoms with Gasteiger partial charge in [-0.05, 0) is 30.5 Å². The van der Waals surface area contributed by atoms with Crippen LogP contribution in [-0.2, 0) is 19.4 Å². The zero-order chi connectivity index (χ0) is 10.5. The fourth-order valence-corrected chi connectivity index (χ4v) is 1.46. The molecule has 2 aromatic rings. The third-order valence-electron chi connectivity index (χ3n) is 2.31. The number of nitrogens with one attached hydrogen (secondary N) is 1. The van der Waals surface area contributed by atoms with Crippen LogP contribution in [0.15, 0.2) is 30.7 Å². The number of aryl methyl sites for hydroxylation is 2. The summed E-state index contributed by atoms with van der Waals surface area (Å²) in [5, 5.41) is 0. The Morgan fingerprint density at radius 2 is 2.00 bits per heavy atom. The van der Waals surface area contributed by atoms with Gasteiger partial charge in [0.1, 0.15) is 5.82 Å². The monoisotopic (exact) mass is 202 g/mol. The van der Waals surface area contributed by atoms with Crippen molar-refractivity contribution in [1.29, 1.82) is 0 Å². The van der Waals surface area contributed by atoms with Crippen molar-refractivity contribution in [3.8, 4) is 0 Å². The van der Waals surface area contributed by atoms with Crippen molar-refractivity contribution in [3.05, 3.63) is 47.8 Å². The van der Waals surface area contributed by atoms with E-state index in [4.69, 9.17) is 5.73 Å². The maximum atomic E-state index is 5.47. The molecule has 0 fully saturated rings. The highest BCUT2D eigenvalue weighted by Crippen LogP contribution is 2.04. The lowest BCUT2D eigenvalue weighted by Crippen LogP contribution is -1.98. The van der Waals surface area contributed by atoms with Gasteiger partial charge in [-0.15, -0.1) is 0 Å². The molecule has 78 valence electrons. The summed E-state index contributed by atoms with van der Waals surface area (Å²) >= 11 is 0. The van der Waals surface area contributed by atoms with Gasteiger partial charge in [0.15, 0.2) is 0 Å². The second-order valence-corrected chi connectivity index (χ2v) is 3.41. The number of nitrogens with zero attached hydrogens (tertiary/aromatic N) is 2. The number of pyridine rings is 1. The molecule has 0 aliphatic rings. The van der Waals surface area contributed by atoms with Crippen LogP contribution in [0.3, 0.4) is 0 Å². The first-order valence-corrected chi connectivity index (χ1v) is 5.00. The van der Waals surface area contributed by atoms with Crippen molar-refractivity contribution in [2.45, 2.75) is 19.4 Å². The highest BCUT2D eigenvalue weighted by molar-refractivity contribution is 5.12. The maximum Gasteiger partial charge on any atom is 0.120 e. The van der Waals surface area contributed by atoms with Crippen LogP contribution in [0.2, 0.25) is 0 Å². The quantitative estimate of drug-likeness (QED) is 0.778. The van der Waals surface area contributed by atoms with E-state index >= 15 is 0 Å². The van der Waals surface area contributed by atoms with Crippen LogP contribution in [0.5, 0.6) is 0 Å². The minimum absolute atomic E-state index is 0.468. The molecule has 2 heterocycles. The van der Waals surface area contributed by atoms with Gasteiger partial charge in [-0.25, -0.2) is 4.98 Å². The Kier molecular flexibility index (Phi) is 3.09. The van der Waals surface area contributed by atoms with Crippen molar-refractivity contribution in [1.82, 2.24) is 15.0 Å². The molecule has 4 nitrogen and oxygen atoms in total. The molecule has 0 amide bonds. The smallest absolute Gasteiger partial charge is 0.120 e. The second-order valence-electron chi connectivity index (χ2n) is 3.41. The molecule has 0 spiro atoms. The highest BCUT2D eigenvalue weighted by atomic mass is 14.9. The summed E-state index contributed by atoms with van der Waals surface area (Å²) in [6.07, 6.45) is 7.43. The van der Waals surface area contributed by atoms with Gasteiger partial charge in [0, 0.05) is 24.3 Å². The Morgan fingerprint density at radius 1 is 1.20 bits per heavy atom. The molecule has 0 aromatic carbocycles. The molecule has 0 radical (unpaired) electrons. The molecule has 0 bridgehead atoms. The minimum Gasteiger partial charge on any atom is -0.345 e. The highest BCUT2D eigenvalue weighted by Gasteiger charge is 1.99.